The van der Waals surface area contributed by atoms with Crippen molar-refractivity contribution >= 4 is 5.91 Å². The fourth-order valence-electron chi connectivity index (χ4n) is 1.56. The first-order chi connectivity index (χ1) is 6.49. The van der Waals surface area contributed by atoms with Crippen LogP contribution in [-0.4, -0.2) is 34.7 Å². The normalized spacial score (nSPS) is 27.8. The number of amides is 1. The molecule has 4 heteroatoms. The highest BCUT2D eigenvalue weighted by molar-refractivity contribution is 5.79. The van der Waals surface area contributed by atoms with Gasteiger partial charge in [-0.25, -0.2) is 5.43 Å². The Bertz CT molecular complexity index is 218. The zero-order valence-electron chi connectivity index (χ0n) is 9.21. The molecule has 0 spiro atoms. The number of hydrazine groups is 1. The van der Waals surface area contributed by atoms with Gasteiger partial charge in [-0.15, -0.1) is 0 Å². The summed E-state index contributed by atoms with van der Waals surface area (Å²) in [6.07, 6.45) is 1.18. The quantitative estimate of drug-likeness (QED) is 0.695. The van der Waals surface area contributed by atoms with Crippen molar-refractivity contribution in [3.05, 3.63) is 0 Å². The third kappa shape index (κ3) is 2.25. The lowest BCUT2D eigenvalue weighted by Gasteiger charge is -2.29. The number of aliphatic hydroxyl groups excluding tert-OH is 1. The molecule has 0 saturated carbocycles. The lowest BCUT2D eigenvalue weighted by Crippen LogP contribution is -2.47. The van der Waals surface area contributed by atoms with Crippen molar-refractivity contribution in [2.24, 2.45) is 5.92 Å². The zero-order valence-corrected chi connectivity index (χ0v) is 9.21. The summed E-state index contributed by atoms with van der Waals surface area (Å²) in [5, 5.41) is 10.3. The Morgan fingerprint density at radius 1 is 1.64 bits per heavy atom. The molecule has 4 nitrogen and oxygen atoms in total. The SMILES string of the molecule is CC(C)C1(C)CC(=O)N(CCCO)N1. The van der Waals surface area contributed by atoms with E-state index in [1.54, 1.807) is 5.01 Å². The van der Waals surface area contributed by atoms with Crippen molar-refractivity contribution in [2.45, 2.75) is 39.2 Å². The molecule has 1 rings (SSSR count). The van der Waals surface area contributed by atoms with Gasteiger partial charge in [-0.1, -0.05) is 13.8 Å². The summed E-state index contributed by atoms with van der Waals surface area (Å²) in [7, 11) is 0. The van der Waals surface area contributed by atoms with Crippen LogP contribution in [0, 0.1) is 5.92 Å². The van der Waals surface area contributed by atoms with E-state index in [1.807, 2.05) is 0 Å². The number of nitrogens with zero attached hydrogens (tertiary/aromatic N) is 1. The number of carbonyl (C=O) groups is 1. The van der Waals surface area contributed by atoms with E-state index in [0.29, 0.717) is 25.3 Å². The Hall–Kier alpha value is -0.610. The number of hydrogen-bond donors (Lipinski definition) is 2. The van der Waals surface area contributed by atoms with Crippen LogP contribution >= 0.6 is 0 Å². The Kier molecular flexibility index (Phi) is 3.50. The van der Waals surface area contributed by atoms with Gasteiger partial charge in [0.25, 0.3) is 0 Å². The standard InChI is InChI=1S/C10H20N2O2/c1-8(2)10(3)7-9(14)12(11-10)5-4-6-13/h8,11,13H,4-7H2,1-3H3. The summed E-state index contributed by atoms with van der Waals surface area (Å²) in [4.78, 5) is 11.6. The average molecular weight is 200 g/mol. The van der Waals surface area contributed by atoms with Crippen LogP contribution in [0.15, 0.2) is 0 Å². The smallest absolute Gasteiger partial charge is 0.238 e. The van der Waals surface area contributed by atoms with Crippen LogP contribution in [0.25, 0.3) is 0 Å². The van der Waals surface area contributed by atoms with Crippen molar-refractivity contribution in [3.63, 3.8) is 0 Å². The molecule has 1 unspecified atom stereocenters. The highest BCUT2D eigenvalue weighted by Gasteiger charge is 2.40. The van der Waals surface area contributed by atoms with Crippen molar-refractivity contribution in [3.8, 4) is 0 Å². The molecular weight excluding hydrogens is 180 g/mol. The molecule has 1 atom stereocenters. The molecule has 2 N–H and O–H groups in total. The summed E-state index contributed by atoms with van der Waals surface area (Å²) in [5.74, 6) is 0.556. The van der Waals surface area contributed by atoms with E-state index in [1.165, 1.54) is 0 Å². The lowest BCUT2D eigenvalue weighted by atomic mass is 9.87. The molecule has 14 heavy (non-hydrogen) atoms. The van der Waals surface area contributed by atoms with Gasteiger partial charge in [0.2, 0.25) is 5.91 Å². The van der Waals surface area contributed by atoms with Gasteiger partial charge in [0, 0.05) is 25.1 Å². The molecule has 1 heterocycles. The van der Waals surface area contributed by atoms with Crippen molar-refractivity contribution in [1.29, 1.82) is 0 Å². The third-order valence-corrected chi connectivity index (χ3v) is 3.02. The molecule has 0 aliphatic carbocycles. The maximum Gasteiger partial charge on any atom is 0.238 e. The Labute approximate surface area is 85.3 Å². The van der Waals surface area contributed by atoms with Crippen LogP contribution in [0.5, 0.6) is 0 Å². The van der Waals surface area contributed by atoms with E-state index >= 15 is 0 Å². The highest BCUT2D eigenvalue weighted by atomic mass is 16.3. The number of hydrogen-bond acceptors (Lipinski definition) is 3. The Balaban J connectivity index is 2.55. The topological polar surface area (TPSA) is 52.6 Å². The van der Waals surface area contributed by atoms with E-state index in [2.05, 4.69) is 26.2 Å². The monoisotopic (exact) mass is 200 g/mol. The van der Waals surface area contributed by atoms with Gasteiger partial charge >= 0.3 is 0 Å². The van der Waals surface area contributed by atoms with Gasteiger partial charge in [-0.05, 0) is 19.3 Å². The van der Waals surface area contributed by atoms with E-state index in [4.69, 9.17) is 5.11 Å². The molecule has 82 valence electrons. The summed E-state index contributed by atoms with van der Waals surface area (Å²) < 4.78 is 0. The van der Waals surface area contributed by atoms with E-state index < -0.39 is 0 Å². The minimum absolute atomic E-state index is 0.119. The van der Waals surface area contributed by atoms with Crippen molar-refractivity contribution < 1.29 is 9.90 Å². The van der Waals surface area contributed by atoms with Crippen LogP contribution in [0.1, 0.15) is 33.6 Å². The van der Waals surface area contributed by atoms with E-state index in [0.717, 1.165) is 0 Å². The molecule has 0 bridgehead atoms. The van der Waals surface area contributed by atoms with Gasteiger partial charge < -0.3 is 5.11 Å². The van der Waals surface area contributed by atoms with Crippen LogP contribution < -0.4 is 5.43 Å². The molecule has 0 aromatic carbocycles. The molecule has 1 fully saturated rings. The van der Waals surface area contributed by atoms with E-state index in [-0.39, 0.29) is 18.1 Å². The number of nitrogens with one attached hydrogen (secondary N) is 1. The number of carbonyl (C=O) groups excluding carboxylic acids is 1. The minimum atomic E-state index is -0.119. The first-order valence-corrected chi connectivity index (χ1v) is 5.18. The Morgan fingerprint density at radius 2 is 2.29 bits per heavy atom. The van der Waals surface area contributed by atoms with Gasteiger partial charge in [-0.2, -0.15) is 0 Å². The second-order valence-electron chi connectivity index (χ2n) is 4.48. The van der Waals surface area contributed by atoms with Crippen LogP contribution in [-0.2, 0) is 4.79 Å². The zero-order chi connectivity index (χ0) is 10.8. The number of rotatable bonds is 4. The average Bonchev–Trinajstić information content (AvgIpc) is 2.39. The fourth-order valence-corrected chi connectivity index (χ4v) is 1.56. The molecule has 1 amide bonds. The van der Waals surface area contributed by atoms with Gasteiger partial charge in [0.05, 0.1) is 0 Å². The minimum Gasteiger partial charge on any atom is -0.396 e. The maximum atomic E-state index is 11.6. The summed E-state index contributed by atoms with van der Waals surface area (Å²) >= 11 is 0. The van der Waals surface area contributed by atoms with Gasteiger partial charge in [0.1, 0.15) is 0 Å². The lowest BCUT2D eigenvalue weighted by molar-refractivity contribution is -0.129. The Morgan fingerprint density at radius 3 is 2.71 bits per heavy atom. The summed E-state index contributed by atoms with van der Waals surface area (Å²) in [5.41, 5.74) is 3.11. The molecule has 0 radical (unpaired) electrons. The van der Waals surface area contributed by atoms with E-state index in [9.17, 15) is 4.79 Å². The fraction of sp³-hybridized carbons (Fsp3) is 0.900. The van der Waals surface area contributed by atoms with Gasteiger partial charge in [-0.3, -0.25) is 9.80 Å². The summed E-state index contributed by atoms with van der Waals surface area (Å²) in [6, 6.07) is 0. The molecule has 1 saturated heterocycles. The second kappa shape index (κ2) is 4.28. The van der Waals surface area contributed by atoms with Gasteiger partial charge in [0.15, 0.2) is 0 Å². The molecule has 0 aromatic rings. The molecule has 1 aliphatic heterocycles. The molecular formula is C10H20N2O2. The molecule has 0 aromatic heterocycles. The largest absolute Gasteiger partial charge is 0.396 e. The first kappa shape index (κ1) is 11.5. The van der Waals surface area contributed by atoms with Crippen molar-refractivity contribution in [2.75, 3.05) is 13.2 Å². The molecule has 1 aliphatic rings. The first-order valence-electron chi connectivity index (χ1n) is 5.18. The second-order valence-corrected chi connectivity index (χ2v) is 4.48. The van der Waals surface area contributed by atoms with Crippen molar-refractivity contribution in [1.82, 2.24) is 10.4 Å². The van der Waals surface area contributed by atoms with Crippen LogP contribution in [0.4, 0.5) is 0 Å². The maximum absolute atomic E-state index is 11.6. The third-order valence-electron chi connectivity index (χ3n) is 3.02. The number of aliphatic hydroxyl groups is 1. The highest BCUT2D eigenvalue weighted by Crippen LogP contribution is 2.27. The van der Waals surface area contributed by atoms with Crippen LogP contribution in [0.2, 0.25) is 0 Å². The summed E-state index contributed by atoms with van der Waals surface area (Å²) in [6.45, 7) is 7.00. The predicted molar refractivity (Wildman–Crippen MR) is 54.4 cm³/mol. The van der Waals surface area contributed by atoms with Crippen LogP contribution in [0.3, 0.4) is 0 Å². The predicted octanol–water partition coefficient (Wildman–Crippen LogP) is 0.520.